The highest BCUT2D eigenvalue weighted by atomic mass is 19.2. The standard InChI is InChI=1S/C24H18F5N3O/c1-11-7-5-6-8-17(11)31-12(2)9-15(14(31)4)10-16-13(3)30-32(24(16)33)23-21(28)19(26)18(25)20(27)22(23)29/h5-10H,1-4H3/b16-10+. The Hall–Kier alpha value is -3.75. The molecule has 0 spiro atoms. The Balaban J connectivity index is 1.80. The molecule has 0 fully saturated rings. The number of anilines is 1. The first-order valence-electron chi connectivity index (χ1n) is 9.92. The van der Waals surface area contributed by atoms with Gasteiger partial charge in [0.1, 0.15) is 5.69 Å². The minimum atomic E-state index is -2.31. The third-order valence-electron chi connectivity index (χ3n) is 5.59. The molecule has 0 bridgehead atoms. The number of benzene rings is 2. The van der Waals surface area contributed by atoms with Crippen LogP contribution in [0.1, 0.15) is 29.4 Å². The molecule has 1 aliphatic rings. The molecule has 0 saturated heterocycles. The van der Waals surface area contributed by atoms with Crippen LogP contribution in [0.2, 0.25) is 0 Å². The molecule has 0 saturated carbocycles. The molecule has 2 aromatic carbocycles. The van der Waals surface area contributed by atoms with Crippen molar-refractivity contribution in [2.45, 2.75) is 27.7 Å². The topological polar surface area (TPSA) is 37.6 Å². The Bertz CT molecular complexity index is 1360. The molecule has 0 radical (unpaired) electrons. The second kappa shape index (κ2) is 7.99. The highest BCUT2D eigenvalue weighted by Gasteiger charge is 2.37. The van der Waals surface area contributed by atoms with Gasteiger partial charge in [-0.3, -0.25) is 4.79 Å². The Morgan fingerprint density at radius 2 is 1.42 bits per heavy atom. The number of para-hydroxylation sites is 1. The first-order chi connectivity index (χ1) is 15.5. The fourth-order valence-corrected chi connectivity index (χ4v) is 3.89. The van der Waals surface area contributed by atoms with Gasteiger partial charge in [-0.05, 0) is 57.0 Å². The molecule has 1 aliphatic heterocycles. The van der Waals surface area contributed by atoms with Crippen LogP contribution in [0.15, 0.2) is 41.0 Å². The first-order valence-corrected chi connectivity index (χ1v) is 9.92. The summed E-state index contributed by atoms with van der Waals surface area (Å²) in [6.07, 6.45) is 1.49. The van der Waals surface area contributed by atoms with E-state index in [2.05, 4.69) is 5.10 Å². The Labute approximate surface area is 186 Å². The van der Waals surface area contributed by atoms with Gasteiger partial charge in [0.2, 0.25) is 5.82 Å². The van der Waals surface area contributed by atoms with Gasteiger partial charge in [0, 0.05) is 17.1 Å². The number of nitrogens with zero attached hydrogens (tertiary/aromatic N) is 3. The van der Waals surface area contributed by atoms with Crippen molar-refractivity contribution in [3.63, 3.8) is 0 Å². The summed E-state index contributed by atoms with van der Waals surface area (Å²) in [5.74, 6) is -11.9. The predicted molar refractivity (Wildman–Crippen MR) is 115 cm³/mol. The van der Waals surface area contributed by atoms with E-state index in [0.29, 0.717) is 5.56 Å². The monoisotopic (exact) mass is 459 g/mol. The zero-order valence-corrected chi connectivity index (χ0v) is 18.1. The van der Waals surface area contributed by atoms with Crippen molar-refractivity contribution in [1.82, 2.24) is 4.57 Å². The molecule has 1 aromatic heterocycles. The zero-order chi connectivity index (χ0) is 24.2. The summed E-state index contributed by atoms with van der Waals surface area (Å²) >= 11 is 0. The minimum absolute atomic E-state index is 0.0241. The summed E-state index contributed by atoms with van der Waals surface area (Å²) in [6.45, 7) is 7.11. The van der Waals surface area contributed by atoms with Crippen LogP contribution in [-0.4, -0.2) is 16.2 Å². The Morgan fingerprint density at radius 3 is 2.03 bits per heavy atom. The summed E-state index contributed by atoms with van der Waals surface area (Å²) in [5.41, 5.74) is 2.94. The van der Waals surface area contributed by atoms with Gasteiger partial charge in [0.15, 0.2) is 23.3 Å². The van der Waals surface area contributed by atoms with Crippen molar-refractivity contribution in [3.05, 3.63) is 87.5 Å². The molecule has 1 amide bonds. The van der Waals surface area contributed by atoms with Gasteiger partial charge >= 0.3 is 0 Å². The van der Waals surface area contributed by atoms with Crippen LogP contribution < -0.4 is 5.01 Å². The van der Waals surface area contributed by atoms with Crippen molar-refractivity contribution < 1.29 is 26.7 Å². The number of carbonyl (C=O) groups is 1. The van der Waals surface area contributed by atoms with Gasteiger partial charge < -0.3 is 4.57 Å². The van der Waals surface area contributed by atoms with Crippen LogP contribution in [0, 0.1) is 49.9 Å². The van der Waals surface area contributed by atoms with Crippen molar-refractivity contribution in [1.29, 1.82) is 0 Å². The second-order valence-electron chi connectivity index (χ2n) is 7.73. The molecule has 0 aliphatic carbocycles. The molecule has 4 nitrogen and oxygen atoms in total. The second-order valence-corrected chi connectivity index (χ2v) is 7.73. The lowest BCUT2D eigenvalue weighted by atomic mass is 10.1. The molecule has 3 aromatic rings. The maximum Gasteiger partial charge on any atom is 0.280 e. The minimum Gasteiger partial charge on any atom is -0.318 e. The highest BCUT2D eigenvalue weighted by molar-refractivity contribution is 6.32. The van der Waals surface area contributed by atoms with Gasteiger partial charge in [-0.15, -0.1) is 0 Å². The Morgan fingerprint density at radius 1 is 0.848 bits per heavy atom. The van der Waals surface area contributed by atoms with Gasteiger partial charge in [0.05, 0.1) is 11.3 Å². The number of rotatable bonds is 3. The number of amides is 1. The van der Waals surface area contributed by atoms with Crippen LogP contribution in [0.25, 0.3) is 11.8 Å². The highest BCUT2D eigenvalue weighted by Crippen LogP contribution is 2.34. The quantitative estimate of drug-likeness (QED) is 0.208. The lowest BCUT2D eigenvalue weighted by Crippen LogP contribution is -2.25. The number of halogens is 5. The van der Waals surface area contributed by atoms with Crippen LogP contribution >= 0.6 is 0 Å². The van der Waals surface area contributed by atoms with Gasteiger partial charge in [-0.2, -0.15) is 10.1 Å². The normalized spacial score (nSPS) is 15.1. The molecule has 33 heavy (non-hydrogen) atoms. The van der Waals surface area contributed by atoms with Gasteiger partial charge in [-0.25, -0.2) is 22.0 Å². The lowest BCUT2D eigenvalue weighted by Gasteiger charge is -2.15. The average Bonchev–Trinajstić information content (AvgIpc) is 3.21. The van der Waals surface area contributed by atoms with E-state index in [1.807, 2.05) is 55.7 Å². The molecule has 0 N–H and O–H groups in total. The summed E-state index contributed by atoms with van der Waals surface area (Å²) in [7, 11) is 0. The third kappa shape index (κ3) is 3.44. The summed E-state index contributed by atoms with van der Waals surface area (Å²) in [6, 6.07) is 9.56. The fraction of sp³-hybridized carbons (Fsp3) is 0.167. The SMILES string of the molecule is CC1=NN(c2c(F)c(F)c(F)c(F)c2F)C(=O)/C1=C/c1cc(C)n(-c2ccccc2C)c1C. The maximum absolute atomic E-state index is 14.2. The van der Waals surface area contributed by atoms with Crippen LogP contribution in [-0.2, 0) is 4.79 Å². The molecule has 0 unspecified atom stereocenters. The molecule has 9 heteroatoms. The molecular formula is C24H18F5N3O. The summed E-state index contributed by atoms with van der Waals surface area (Å²) in [4.78, 5) is 12.9. The molecule has 0 atom stereocenters. The van der Waals surface area contributed by atoms with E-state index in [-0.39, 0.29) is 16.3 Å². The molecule has 4 rings (SSSR count). The van der Waals surface area contributed by atoms with E-state index in [1.165, 1.54) is 13.0 Å². The van der Waals surface area contributed by atoms with Crippen molar-refractivity contribution >= 4 is 23.4 Å². The van der Waals surface area contributed by atoms with Crippen LogP contribution in [0.4, 0.5) is 27.6 Å². The number of aromatic nitrogens is 1. The fourth-order valence-electron chi connectivity index (χ4n) is 3.89. The maximum atomic E-state index is 14.2. The van der Waals surface area contributed by atoms with E-state index in [1.54, 1.807) is 0 Å². The predicted octanol–water partition coefficient (Wildman–Crippen LogP) is 5.90. The first kappa shape index (κ1) is 22.4. The smallest absolute Gasteiger partial charge is 0.280 e. The molecule has 170 valence electrons. The number of hydrogen-bond acceptors (Lipinski definition) is 2. The van der Waals surface area contributed by atoms with E-state index < -0.39 is 40.7 Å². The third-order valence-corrected chi connectivity index (χ3v) is 5.59. The largest absolute Gasteiger partial charge is 0.318 e. The zero-order valence-electron chi connectivity index (χ0n) is 18.1. The van der Waals surface area contributed by atoms with Gasteiger partial charge in [0.25, 0.3) is 5.91 Å². The van der Waals surface area contributed by atoms with E-state index in [4.69, 9.17) is 0 Å². The lowest BCUT2D eigenvalue weighted by molar-refractivity contribution is -0.114. The average molecular weight is 459 g/mol. The van der Waals surface area contributed by atoms with Crippen LogP contribution in [0.3, 0.4) is 0 Å². The number of aryl methyl sites for hydroxylation is 2. The number of carbonyl (C=O) groups excluding carboxylic acids is 1. The molecule has 2 heterocycles. The Kier molecular flexibility index (Phi) is 5.43. The number of hydrazone groups is 1. The van der Waals surface area contributed by atoms with E-state index >= 15 is 0 Å². The summed E-state index contributed by atoms with van der Waals surface area (Å²) < 4.78 is 71.2. The van der Waals surface area contributed by atoms with E-state index in [9.17, 15) is 26.7 Å². The summed E-state index contributed by atoms with van der Waals surface area (Å²) in [5, 5.41) is 3.98. The van der Waals surface area contributed by atoms with Crippen molar-refractivity contribution in [3.8, 4) is 5.69 Å². The van der Waals surface area contributed by atoms with Crippen molar-refractivity contribution in [2.24, 2.45) is 5.10 Å². The molecular weight excluding hydrogens is 441 g/mol. The van der Waals surface area contributed by atoms with Crippen LogP contribution in [0.5, 0.6) is 0 Å². The van der Waals surface area contributed by atoms with Gasteiger partial charge in [-0.1, -0.05) is 18.2 Å². The number of hydrogen-bond donors (Lipinski definition) is 0. The van der Waals surface area contributed by atoms with E-state index in [0.717, 1.165) is 22.6 Å². The van der Waals surface area contributed by atoms with Crippen molar-refractivity contribution in [2.75, 3.05) is 5.01 Å².